The lowest BCUT2D eigenvalue weighted by atomic mass is 9.89. The maximum atomic E-state index is 11.2. The first-order valence-electron chi connectivity index (χ1n) is 6.55. The van der Waals surface area contributed by atoms with Crippen LogP contribution in [0, 0.1) is 5.92 Å². The van der Waals surface area contributed by atoms with Crippen molar-refractivity contribution in [2.75, 3.05) is 6.61 Å². The van der Waals surface area contributed by atoms with Crippen LogP contribution in [0.2, 0.25) is 0 Å². The third-order valence-corrected chi connectivity index (χ3v) is 3.38. The summed E-state index contributed by atoms with van der Waals surface area (Å²) in [6, 6.07) is -0.215. The van der Waals surface area contributed by atoms with Crippen LogP contribution in [0.5, 0.6) is 0 Å². The fourth-order valence-electron chi connectivity index (χ4n) is 2.50. The predicted octanol–water partition coefficient (Wildman–Crippen LogP) is 0.659. The highest BCUT2D eigenvalue weighted by Crippen LogP contribution is 2.34. The second kappa shape index (κ2) is 5.78. The van der Waals surface area contributed by atoms with Gasteiger partial charge in [-0.25, -0.2) is 4.99 Å². The van der Waals surface area contributed by atoms with Gasteiger partial charge in [-0.05, 0) is 0 Å². The van der Waals surface area contributed by atoms with Gasteiger partial charge in [-0.3, -0.25) is 9.59 Å². The van der Waals surface area contributed by atoms with Crippen LogP contribution in [-0.4, -0.2) is 49.0 Å². The molecule has 0 N–H and O–H groups in total. The molecule has 0 amide bonds. The summed E-state index contributed by atoms with van der Waals surface area (Å²) in [5.74, 6) is -0.363. The maximum absolute atomic E-state index is 11.2. The lowest BCUT2D eigenvalue weighted by molar-refractivity contribution is -0.230. The first-order valence-corrected chi connectivity index (χ1v) is 6.55. The Morgan fingerprint density at radius 2 is 2.00 bits per heavy atom. The number of esters is 2. The third kappa shape index (κ3) is 3.09. The van der Waals surface area contributed by atoms with Gasteiger partial charge < -0.3 is 18.9 Å². The highest BCUT2D eigenvalue weighted by molar-refractivity contribution is 5.75. The zero-order valence-electron chi connectivity index (χ0n) is 12.0. The molecule has 0 radical (unpaired) electrons. The van der Waals surface area contributed by atoms with E-state index in [1.807, 2.05) is 6.92 Å². The molecule has 112 valence electrons. The fourth-order valence-corrected chi connectivity index (χ4v) is 2.50. The van der Waals surface area contributed by atoms with Gasteiger partial charge in [-0.2, -0.15) is 0 Å². The molecule has 2 heterocycles. The van der Waals surface area contributed by atoms with Gasteiger partial charge in [0.2, 0.25) is 6.29 Å². The highest BCUT2D eigenvalue weighted by Gasteiger charge is 2.49. The Kier molecular flexibility index (Phi) is 4.27. The lowest BCUT2D eigenvalue weighted by Gasteiger charge is -2.40. The molecule has 0 aromatic carbocycles. The largest absolute Gasteiger partial charge is 0.463 e. The van der Waals surface area contributed by atoms with Crippen molar-refractivity contribution in [2.24, 2.45) is 10.9 Å². The molecule has 1 fully saturated rings. The van der Waals surface area contributed by atoms with Crippen LogP contribution in [0.3, 0.4) is 0 Å². The molecule has 0 bridgehead atoms. The van der Waals surface area contributed by atoms with E-state index in [1.54, 1.807) is 6.92 Å². The van der Waals surface area contributed by atoms with E-state index in [4.69, 9.17) is 18.9 Å². The number of hydrogen-bond donors (Lipinski definition) is 0. The van der Waals surface area contributed by atoms with Crippen molar-refractivity contribution >= 4 is 17.8 Å². The summed E-state index contributed by atoms with van der Waals surface area (Å²) < 4.78 is 21.5. The summed E-state index contributed by atoms with van der Waals surface area (Å²) in [5, 5.41) is 0. The summed E-state index contributed by atoms with van der Waals surface area (Å²) >= 11 is 0. The molecule has 5 atom stereocenters. The van der Waals surface area contributed by atoms with Crippen LogP contribution >= 0.6 is 0 Å². The summed E-state index contributed by atoms with van der Waals surface area (Å²) in [5.41, 5.74) is 0. The Labute approximate surface area is 117 Å². The van der Waals surface area contributed by atoms with E-state index < -0.39 is 30.4 Å². The number of hydrogen-bond acceptors (Lipinski definition) is 7. The van der Waals surface area contributed by atoms with Crippen molar-refractivity contribution in [3.05, 3.63) is 0 Å². The van der Waals surface area contributed by atoms with Crippen molar-refractivity contribution < 1.29 is 28.5 Å². The van der Waals surface area contributed by atoms with E-state index in [-0.39, 0.29) is 18.6 Å². The van der Waals surface area contributed by atoms with Gasteiger partial charge in [0.1, 0.15) is 24.9 Å². The molecule has 0 spiro atoms. The molecule has 0 aromatic heterocycles. The standard InChI is InChI=1S/C13H19NO6/c1-6-11-13(18-7(2)14-11)20-10(5-17-8(3)15)12(6)19-9(4)16/h6,10-13H,5H2,1-4H3/t6-,10-,11-,12-,13+/m1/s1. The van der Waals surface area contributed by atoms with E-state index in [1.165, 1.54) is 13.8 Å². The molecule has 0 unspecified atom stereocenters. The highest BCUT2D eigenvalue weighted by atomic mass is 16.7. The molecule has 7 heteroatoms. The zero-order chi connectivity index (χ0) is 14.9. The number of ether oxygens (including phenoxy) is 4. The first-order chi connectivity index (χ1) is 9.38. The normalized spacial score (nSPS) is 35.6. The van der Waals surface area contributed by atoms with E-state index in [0.29, 0.717) is 5.90 Å². The Morgan fingerprint density at radius 3 is 2.60 bits per heavy atom. The van der Waals surface area contributed by atoms with Crippen LogP contribution in [0.15, 0.2) is 4.99 Å². The third-order valence-electron chi connectivity index (χ3n) is 3.38. The van der Waals surface area contributed by atoms with Gasteiger partial charge in [0.15, 0.2) is 5.90 Å². The lowest BCUT2D eigenvalue weighted by Crippen LogP contribution is -2.54. The van der Waals surface area contributed by atoms with Crippen molar-refractivity contribution in [3.63, 3.8) is 0 Å². The molecular formula is C13H19NO6. The van der Waals surface area contributed by atoms with Gasteiger partial charge in [-0.1, -0.05) is 6.92 Å². The molecule has 2 aliphatic heterocycles. The van der Waals surface area contributed by atoms with E-state index in [0.717, 1.165) is 0 Å². The number of aliphatic imine (C=N–C) groups is 1. The molecular weight excluding hydrogens is 266 g/mol. The van der Waals surface area contributed by atoms with E-state index >= 15 is 0 Å². The Balaban J connectivity index is 2.12. The monoisotopic (exact) mass is 285 g/mol. The summed E-state index contributed by atoms with van der Waals surface area (Å²) in [7, 11) is 0. The SMILES string of the molecule is CC(=O)OC[C@H]1O[C@@H]2OC(C)=N[C@@H]2[C@@H](C)[C@H]1OC(C)=O. The van der Waals surface area contributed by atoms with Gasteiger partial charge in [0.05, 0.1) is 0 Å². The summed E-state index contributed by atoms with van der Waals surface area (Å²) in [4.78, 5) is 26.5. The van der Waals surface area contributed by atoms with Gasteiger partial charge in [0, 0.05) is 26.7 Å². The predicted molar refractivity (Wildman–Crippen MR) is 68.0 cm³/mol. The maximum Gasteiger partial charge on any atom is 0.303 e. The number of carbonyl (C=O) groups excluding carboxylic acids is 2. The van der Waals surface area contributed by atoms with Crippen molar-refractivity contribution in [1.29, 1.82) is 0 Å². The van der Waals surface area contributed by atoms with Crippen molar-refractivity contribution in [2.45, 2.75) is 52.2 Å². The quantitative estimate of drug-likeness (QED) is 0.708. The molecule has 7 nitrogen and oxygen atoms in total. The van der Waals surface area contributed by atoms with Gasteiger partial charge in [-0.15, -0.1) is 0 Å². The van der Waals surface area contributed by atoms with E-state index in [9.17, 15) is 9.59 Å². The second-order valence-corrected chi connectivity index (χ2v) is 5.04. The van der Waals surface area contributed by atoms with Crippen LogP contribution in [0.25, 0.3) is 0 Å². The Hall–Kier alpha value is -1.63. The smallest absolute Gasteiger partial charge is 0.303 e. The number of fused-ring (bicyclic) bond motifs is 1. The minimum atomic E-state index is -0.555. The number of carbonyl (C=O) groups is 2. The average Bonchev–Trinajstić information content (AvgIpc) is 2.71. The van der Waals surface area contributed by atoms with Crippen LogP contribution in [-0.2, 0) is 28.5 Å². The topological polar surface area (TPSA) is 83.4 Å². The van der Waals surface area contributed by atoms with Gasteiger partial charge in [0.25, 0.3) is 0 Å². The second-order valence-electron chi connectivity index (χ2n) is 5.04. The number of rotatable bonds is 3. The summed E-state index contributed by atoms with van der Waals surface area (Å²) in [6.07, 6.45) is -1.59. The minimum Gasteiger partial charge on any atom is -0.463 e. The minimum absolute atomic E-state index is 0.0171. The van der Waals surface area contributed by atoms with E-state index in [2.05, 4.69) is 4.99 Å². The van der Waals surface area contributed by atoms with Crippen LogP contribution in [0.4, 0.5) is 0 Å². The molecule has 2 rings (SSSR count). The zero-order valence-corrected chi connectivity index (χ0v) is 12.0. The Bertz CT molecular complexity index is 435. The molecule has 20 heavy (non-hydrogen) atoms. The average molecular weight is 285 g/mol. The van der Waals surface area contributed by atoms with Crippen LogP contribution < -0.4 is 0 Å². The van der Waals surface area contributed by atoms with Crippen LogP contribution in [0.1, 0.15) is 27.7 Å². The molecule has 2 aliphatic rings. The Morgan fingerprint density at radius 1 is 1.30 bits per heavy atom. The number of nitrogens with zero attached hydrogens (tertiary/aromatic N) is 1. The summed E-state index contributed by atoms with van der Waals surface area (Å²) in [6.45, 7) is 6.33. The van der Waals surface area contributed by atoms with Crippen molar-refractivity contribution in [1.82, 2.24) is 0 Å². The molecule has 0 aliphatic carbocycles. The van der Waals surface area contributed by atoms with Gasteiger partial charge >= 0.3 is 11.9 Å². The first kappa shape index (κ1) is 14.8. The molecule has 0 aromatic rings. The molecule has 0 saturated carbocycles. The fraction of sp³-hybridized carbons (Fsp3) is 0.769. The molecule has 1 saturated heterocycles. The van der Waals surface area contributed by atoms with Crippen molar-refractivity contribution in [3.8, 4) is 0 Å².